The molecule has 0 amide bonds. The quantitative estimate of drug-likeness (QED) is 0.672. The molecule has 62 valence electrons. The number of rotatable bonds is 0. The van der Waals surface area contributed by atoms with E-state index in [9.17, 15) is 0 Å². The maximum atomic E-state index is 4.26. The summed E-state index contributed by atoms with van der Waals surface area (Å²) < 4.78 is 1.13. The zero-order chi connectivity index (χ0) is 8.39. The molecule has 2 aliphatic rings. The van der Waals surface area contributed by atoms with Gasteiger partial charge in [-0.3, -0.25) is 0 Å². The number of aliphatic imine (C=N–C) groups is 1. The van der Waals surface area contributed by atoms with E-state index in [0.717, 1.165) is 23.2 Å². The predicted molar refractivity (Wildman–Crippen MR) is 54.0 cm³/mol. The summed E-state index contributed by atoms with van der Waals surface area (Å²) in [6.45, 7) is 0. The van der Waals surface area contributed by atoms with Crippen LogP contribution in [0.5, 0.6) is 0 Å². The third-order valence-electron chi connectivity index (χ3n) is 1.92. The van der Waals surface area contributed by atoms with Crippen LogP contribution < -0.4 is 5.32 Å². The Kier molecular flexibility index (Phi) is 2.13. The summed E-state index contributed by atoms with van der Waals surface area (Å²) in [7, 11) is 0. The Bertz CT molecular complexity index is 310. The highest BCUT2D eigenvalue weighted by atomic mass is 79.9. The Morgan fingerprint density at radius 1 is 1.33 bits per heavy atom. The Labute approximate surface area is 79.9 Å². The molecule has 0 aromatic heterocycles. The third kappa shape index (κ3) is 1.50. The molecule has 0 fully saturated rings. The molecule has 12 heavy (non-hydrogen) atoms. The summed E-state index contributed by atoms with van der Waals surface area (Å²) in [6, 6.07) is 0. The summed E-state index contributed by atoms with van der Waals surface area (Å²) in [5.74, 6) is 1.04. The van der Waals surface area contributed by atoms with Gasteiger partial charge >= 0.3 is 0 Å². The molecule has 2 heterocycles. The van der Waals surface area contributed by atoms with Gasteiger partial charge in [0.15, 0.2) is 0 Å². The van der Waals surface area contributed by atoms with Crippen molar-refractivity contribution < 1.29 is 0 Å². The molecule has 2 nitrogen and oxygen atoms in total. The van der Waals surface area contributed by atoms with Gasteiger partial charge < -0.3 is 5.32 Å². The summed E-state index contributed by atoms with van der Waals surface area (Å²) in [5, 5.41) is 3.14. The predicted octanol–water partition coefficient (Wildman–Crippen LogP) is 2.46. The van der Waals surface area contributed by atoms with Gasteiger partial charge in [0, 0.05) is 23.3 Å². The molecular weight excluding hydrogens is 216 g/mol. The molecule has 0 atom stereocenters. The minimum Gasteiger partial charge on any atom is -0.350 e. The molecule has 0 aromatic rings. The van der Waals surface area contributed by atoms with Gasteiger partial charge in [-0.15, -0.1) is 0 Å². The van der Waals surface area contributed by atoms with Gasteiger partial charge in [0.2, 0.25) is 0 Å². The largest absolute Gasteiger partial charge is 0.350 e. The van der Waals surface area contributed by atoms with E-state index < -0.39 is 0 Å². The Hall–Kier alpha value is -0.830. The number of nitrogens with zero attached hydrogens (tertiary/aromatic N) is 1. The summed E-state index contributed by atoms with van der Waals surface area (Å²) in [6.07, 6.45) is 9.86. The molecule has 0 unspecified atom stereocenters. The molecule has 0 radical (unpaired) electrons. The van der Waals surface area contributed by atoms with Crippen LogP contribution in [-0.2, 0) is 0 Å². The first-order valence-corrected chi connectivity index (χ1v) is 4.70. The lowest BCUT2D eigenvalue weighted by molar-refractivity contribution is 1.02. The van der Waals surface area contributed by atoms with Crippen LogP contribution in [0.25, 0.3) is 0 Å². The number of hydrogen-bond donors (Lipinski definition) is 1. The van der Waals surface area contributed by atoms with Crippen molar-refractivity contribution in [1.82, 2.24) is 5.32 Å². The van der Waals surface area contributed by atoms with Gasteiger partial charge in [0.05, 0.1) is 0 Å². The Morgan fingerprint density at radius 3 is 3.17 bits per heavy atom. The second-order valence-corrected chi connectivity index (χ2v) is 3.60. The van der Waals surface area contributed by atoms with Gasteiger partial charge in [-0.25, -0.2) is 4.99 Å². The fraction of sp³-hybridized carbons (Fsp3) is 0.222. The van der Waals surface area contributed by atoms with E-state index in [1.807, 2.05) is 18.5 Å². The van der Waals surface area contributed by atoms with Gasteiger partial charge in [-0.1, -0.05) is 15.9 Å². The molecule has 2 bridgehead atoms. The van der Waals surface area contributed by atoms with Crippen molar-refractivity contribution in [2.45, 2.75) is 12.8 Å². The number of fused-ring (bicyclic) bond motifs is 3. The lowest BCUT2D eigenvalue weighted by Gasteiger charge is -2.04. The van der Waals surface area contributed by atoms with Crippen LogP contribution >= 0.6 is 15.9 Å². The fourth-order valence-electron chi connectivity index (χ4n) is 1.25. The first-order valence-electron chi connectivity index (χ1n) is 3.91. The fourth-order valence-corrected chi connectivity index (χ4v) is 1.70. The minimum atomic E-state index is 0.988. The molecule has 1 N–H and O–H groups in total. The van der Waals surface area contributed by atoms with Crippen molar-refractivity contribution in [1.29, 1.82) is 0 Å². The van der Waals surface area contributed by atoms with Crippen LogP contribution in [0.2, 0.25) is 0 Å². The first kappa shape index (κ1) is 7.80. The van der Waals surface area contributed by atoms with E-state index in [-0.39, 0.29) is 0 Å². The average molecular weight is 225 g/mol. The SMILES string of the molecule is BrC1=C2C=CNC(=NC=C1)CC2. The smallest absolute Gasteiger partial charge is 0.106 e. The van der Waals surface area contributed by atoms with Gasteiger partial charge in [-0.05, 0) is 24.1 Å². The molecule has 0 aromatic carbocycles. The van der Waals surface area contributed by atoms with Crippen LogP contribution in [0.1, 0.15) is 12.8 Å². The van der Waals surface area contributed by atoms with E-state index in [1.165, 1.54) is 5.57 Å². The number of halogens is 1. The van der Waals surface area contributed by atoms with Gasteiger partial charge in [0.25, 0.3) is 0 Å². The number of nitrogens with one attached hydrogen (secondary N) is 1. The zero-order valence-corrected chi connectivity index (χ0v) is 8.13. The molecule has 3 heteroatoms. The molecule has 2 rings (SSSR count). The van der Waals surface area contributed by atoms with Crippen LogP contribution in [-0.4, -0.2) is 5.84 Å². The number of hydrogen-bond acceptors (Lipinski definition) is 2. The van der Waals surface area contributed by atoms with Gasteiger partial charge in [-0.2, -0.15) is 0 Å². The van der Waals surface area contributed by atoms with Crippen molar-refractivity contribution in [2.24, 2.45) is 4.99 Å². The van der Waals surface area contributed by atoms with Crippen molar-refractivity contribution >= 4 is 21.8 Å². The molecule has 2 aliphatic heterocycles. The van der Waals surface area contributed by atoms with Crippen molar-refractivity contribution in [3.63, 3.8) is 0 Å². The van der Waals surface area contributed by atoms with Crippen molar-refractivity contribution in [3.8, 4) is 0 Å². The second kappa shape index (κ2) is 3.27. The first-order chi connectivity index (χ1) is 5.86. The van der Waals surface area contributed by atoms with Crippen LogP contribution in [0.4, 0.5) is 0 Å². The van der Waals surface area contributed by atoms with E-state index >= 15 is 0 Å². The Morgan fingerprint density at radius 2 is 2.25 bits per heavy atom. The number of allylic oxidation sites excluding steroid dienone is 4. The highest BCUT2D eigenvalue weighted by molar-refractivity contribution is 9.11. The molecule has 0 aliphatic carbocycles. The van der Waals surface area contributed by atoms with Crippen LogP contribution in [0.3, 0.4) is 0 Å². The normalized spacial score (nSPS) is 21.2. The summed E-state index contributed by atoms with van der Waals surface area (Å²) >= 11 is 3.50. The number of amidine groups is 1. The highest BCUT2D eigenvalue weighted by Crippen LogP contribution is 2.22. The third-order valence-corrected chi connectivity index (χ3v) is 2.70. The van der Waals surface area contributed by atoms with Crippen molar-refractivity contribution in [3.05, 3.63) is 34.6 Å². The minimum absolute atomic E-state index is 0.988. The van der Waals surface area contributed by atoms with E-state index in [0.29, 0.717) is 0 Å². The molecular formula is C9H9BrN2. The van der Waals surface area contributed by atoms with Crippen LogP contribution in [0.15, 0.2) is 39.6 Å². The lowest BCUT2D eigenvalue weighted by Crippen LogP contribution is -2.15. The van der Waals surface area contributed by atoms with Crippen LogP contribution in [0, 0.1) is 0 Å². The summed E-state index contributed by atoms with van der Waals surface area (Å²) in [5.41, 5.74) is 1.32. The van der Waals surface area contributed by atoms with Gasteiger partial charge in [0.1, 0.15) is 5.84 Å². The average Bonchev–Trinajstić information content (AvgIpc) is 2.23. The van der Waals surface area contributed by atoms with E-state index in [2.05, 4.69) is 32.3 Å². The van der Waals surface area contributed by atoms with E-state index in [1.54, 1.807) is 0 Å². The second-order valence-electron chi connectivity index (χ2n) is 2.74. The Balaban J connectivity index is 2.47. The topological polar surface area (TPSA) is 24.4 Å². The molecule has 0 spiro atoms. The maximum Gasteiger partial charge on any atom is 0.106 e. The maximum absolute atomic E-state index is 4.26. The standard InChI is InChI=1S/C9H9BrN2/c10-8-4-6-12-9-2-1-7(8)3-5-11-9/h3-6H,1-2H2,(H,11,12). The lowest BCUT2D eigenvalue weighted by atomic mass is 10.1. The highest BCUT2D eigenvalue weighted by Gasteiger charge is 2.07. The van der Waals surface area contributed by atoms with E-state index in [4.69, 9.17) is 0 Å². The molecule has 0 saturated carbocycles. The molecule has 0 saturated heterocycles. The summed E-state index contributed by atoms with van der Waals surface area (Å²) in [4.78, 5) is 4.26. The zero-order valence-electron chi connectivity index (χ0n) is 6.55. The monoisotopic (exact) mass is 224 g/mol. The van der Waals surface area contributed by atoms with Crippen molar-refractivity contribution in [2.75, 3.05) is 0 Å².